The van der Waals surface area contributed by atoms with Crippen molar-refractivity contribution in [1.29, 1.82) is 0 Å². The van der Waals surface area contributed by atoms with E-state index in [0.29, 0.717) is 0 Å². The fourth-order valence-corrected chi connectivity index (χ4v) is 1.07. The fourth-order valence-electron chi connectivity index (χ4n) is 0.916. The zero-order valence-corrected chi connectivity index (χ0v) is 8.21. The van der Waals surface area contributed by atoms with E-state index in [2.05, 4.69) is 0 Å². The third-order valence-electron chi connectivity index (χ3n) is 1.65. The highest BCUT2D eigenvalue weighted by Crippen LogP contribution is 2.14. The molecule has 0 bridgehead atoms. The molecule has 0 saturated carbocycles. The van der Waals surface area contributed by atoms with Gasteiger partial charge in [-0.05, 0) is 12.1 Å². The largest absolute Gasteiger partial charge is 0.474 e. The molecule has 1 aromatic carbocycles. The minimum Gasteiger partial charge on any atom is -0.474 e. The van der Waals surface area contributed by atoms with Crippen LogP contribution in [0, 0.1) is 5.82 Å². The molecule has 2 N–H and O–H groups in total. The SMILES string of the molecule is O=C(O)C(=O)NCc1ccc(Cl)cc1F. The van der Waals surface area contributed by atoms with Gasteiger partial charge in [-0.15, -0.1) is 0 Å². The van der Waals surface area contributed by atoms with Crippen molar-refractivity contribution in [2.24, 2.45) is 0 Å². The summed E-state index contributed by atoms with van der Waals surface area (Å²) in [5.41, 5.74) is 0.175. The third-order valence-corrected chi connectivity index (χ3v) is 1.88. The first-order valence-electron chi connectivity index (χ1n) is 3.95. The van der Waals surface area contributed by atoms with Crippen molar-refractivity contribution in [3.05, 3.63) is 34.6 Å². The molecular formula is C9H7ClFNO3. The number of halogens is 2. The van der Waals surface area contributed by atoms with E-state index < -0.39 is 17.7 Å². The van der Waals surface area contributed by atoms with Crippen molar-refractivity contribution < 1.29 is 19.1 Å². The highest BCUT2D eigenvalue weighted by molar-refractivity contribution is 6.31. The lowest BCUT2D eigenvalue weighted by Gasteiger charge is -2.03. The molecule has 15 heavy (non-hydrogen) atoms. The van der Waals surface area contributed by atoms with Crippen LogP contribution in [0.4, 0.5) is 4.39 Å². The average molecular weight is 232 g/mol. The number of nitrogens with one attached hydrogen (secondary N) is 1. The minimum atomic E-state index is -1.61. The van der Waals surface area contributed by atoms with Gasteiger partial charge in [0.1, 0.15) is 5.82 Å². The quantitative estimate of drug-likeness (QED) is 0.751. The normalized spacial score (nSPS) is 9.73. The molecule has 80 valence electrons. The number of rotatable bonds is 2. The van der Waals surface area contributed by atoms with E-state index in [0.717, 1.165) is 6.07 Å². The molecule has 0 saturated heterocycles. The van der Waals surface area contributed by atoms with Crippen molar-refractivity contribution >= 4 is 23.5 Å². The average Bonchev–Trinajstić information content (AvgIpc) is 2.15. The van der Waals surface area contributed by atoms with Crippen molar-refractivity contribution in [3.8, 4) is 0 Å². The summed E-state index contributed by atoms with van der Waals surface area (Å²) in [5.74, 6) is -3.37. The Morgan fingerprint density at radius 2 is 2.13 bits per heavy atom. The molecule has 1 amide bonds. The Hall–Kier alpha value is -1.62. The van der Waals surface area contributed by atoms with Gasteiger partial charge < -0.3 is 10.4 Å². The number of aliphatic carboxylic acids is 1. The van der Waals surface area contributed by atoms with Gasteiger partial charge in [0.15, 0.2) is 0 Å². The first-order valence-corrected chi connectivity index (χ1v) is 4.33. The number of benzene rings is 1. The van der Waals surface area contributed by atoms with E-state index in [1.165, 1.54) is 12.1 Å². The van der Waals surface area contributed by atoms with Crippen molar-refractivity contribution in [3.63, 3.8) is 0 Å². The lowest BCUT2D eigenvalue weighted by molar-refractivity contribution is -0.150. The van der Waals surface area contributed by atoms with Crippen LogP contribution in [0.5, 0.6) is 0 Å². The van der Waals surface area contributed by atoms with Gasteiger partial charge in [-0.1, -0.05) is 17.7 Å². The number of carboxylic acids is 1. The summed E-state index contributed by atoms with van der Waals surface area (Å²) in [6.07, 6.45) is 0. The molecular weight excluding hydrogens is 225 g/mol. The fraction of sp³-hybridized carbons (Fsp3) is 0.111. The van der Waals surface area contributed by atoms with Crippen molar-refractivity contribution in [2.45, 2.75) is 6.54 Å². The van der Waals surface area contributed by atoms with E-state index >= 15 is 0 Å². The minimum absolute atomic E-state index is 0.175. The van der Waals surface area contributed by atoms with Crippen LogP contribution >= 0.6 is 11.6 Å². The molecule has 0 fully saturated rings. The van der Waals surface area contributed by atoms with Gasteiger partial charge in [0.2, 0.25) is 0 Å². The molecule has 0 heterocycles. The number of carbonyl (C=O) groups is 2. The monoisotopic (exact) mass is 231 g/mol. The second-order valence-corrected chi connectivity index (χ2v) is 3.16. The van der Waals surface area contributed by atoms with Crippen LogP contribution in [0.15, 0.2) is 18.2 Å². The van der Waals surface area contributed by atoms with Gasteiger partial charge >= 0.3 is 11.9 Å². The van der Waals surface area contributed by atoms with Crippen molar-refractivity contribution in [2.75, 3.05) is 0 Å². The van der Waals surface area contributed by atoms with Crippen LogP contribution < -0.4 is 5.32 Å². The highest BCUT2D eigenvalue weighted by Gasteiger charge is 2.11. The van der Waals surface area contributed by atoms with Gasteiger partial charge in [-0.3, -0.25) is 4.79 Å². The Kier molecular flexibility index (Phi) is 3.62. The lowest BCUT2D eigenvalue weighted by Crippen LogP contribution is -2.30. The third kappa shape index (κ3) is 3.21. The molecule has 6 heteroatoms. The topological polar surface area (TPSA) is 66.4 Å². The molecule has 0 atom stereocenters. The Bertz CT molecular complexity index is 408. The Balaban J connectivity index is 2.66. The molecule has 0 radical (unpaired) electrons. The summed E-state index contributed by atoms with van der Waals surface area (Å²) in [5, 5.41) is 10.5. The maximum absolute atomic E-state index is 13.1. The van der Waals surface area contributed by atoms with Gasteiger partial charge in [0.05, 0.1) is 0 Å². The summed E-state index contributed by atoms with van der Waals surface area (Å²) < 4.78 is 13.1. The van der Waals surface area contributed by atoms with Gasteiger partial charge in [0, 0.05) is 17.1 Å². The summed E-state index contributed by atoms with van der Waals surface area (Å²) in [6, 6.07) is 3.91. The van der Waals surface area contributed by atoms with E-state index in [1.807, 2.05) is 5.32 Å². The van der Waals surface area contributed by atoms with Crippen molar-refractivity contribution in [1.82, 2.24) is 5.32 Å². The number of hydrogen-bond donors (Lipinski definition) is 2. The number of hydrogen-bond acceptors (Lipinski definition) is 2. The van der Waals surface area contributed by atoms with Crippen LogP contribution in [0.3, 0.4) is 0 Å². The maximum atomic E-state index is 13.1. The summed E-state index contributed by atoms with van der Waals surface area (Å²) in [7, 11) is 0. The molecule has 0 spiro atoms. The van der Waals surface area contributed by atoms with Crippen LogP contribution in [0.25, 0.3) is 0 Å². The predicted molar refractivity (Wildman–Crippen MR) is 50.9 cm³/mol. The predicted octanol–water partition coefficient (Wildman–Crippen LogP) is 1.18. The zero-order chi connectivity index (χ0) is 11.4. The summed E-state index contributed by atoms with van der Waals surface area (Å²) >= 11 is 5.51. The molecule has 1 aromatic rings. The summed E-state index contributed by atoms with van der Waals surface area (Å²) in [6.45, 7) is -0.186. The Morgan fingerprint density at radius 1 is 1.47 bits per heavy atom. The van der Waals surface area contributed by atoms with Crippen LogP contribution in [0.2, 0.25) is 5.02 Å². The molecule has 0 aliphatic carbocycles. The molecule has 0 aliphatic heterocycles. The molecule has 0 unspecified atom stereocenters. The van der Waals surface area contributed by atoms with Crippen LogP contribution in [0.1, 0.15) is 5.56 Å². The standard InChI is InChI=1S/C9H7ClFNO3/c10-6-2-1-5(7(11)3-6)4-12-8(13)9(14)15/h1-3H,4H2,(H,12,13)(H,14,15). The van der Waals surface area contributed by atoms with Gasteiger partial charge in [-0.2, -0.15) is 0 Å². The Morgan fingerprint density at radius 3 is 2.67 bits per heavy atom. The molecule has 4 nitrogen and oxygen atoms in total. The highest BCUT2D eigenvalue weighted by atomic mass is 35.5. The van der Waals surface area contributed by atoms with E-state index in [4.69, 9.17) is 16.7 Å². The van der Waals surface area contributed by atoms with E-state index in [9.17, 15) is 14.0 Å². The second-order valence-electron chi connectivity index (χ2n) is 2.72. The first-order chi connectivity index (χ1) is 7.00. The number of carboxylic acid groups (broad SMARTS) is 1. The second kappa shape index (κ2) is 4.75. The smallest absolute Gasteiger partial charge is 0.394 e. The van der Waals surface area contributed by atoms with Crippen LogP contribution in [-0.2, 0) is 16.1 Å². The molecule has 0 aliphatic rings. The number of amides is 1. The first kappa shape index (κ1) is 11.5. The van der Waals surface area contributed by atoms with Gasteiger partial charge in [-0.25, -0.2) is 9.18 Å². The van der Waals surface area contributed by atoms with E-state index in [-0.39, 0.29) is 17.1 Å². The summed E-state index contributed by atoms with van der Waals surface area (Å²) in [4.78, 5) is 20.8. The Labute approximate surface area is 89.7 Å². The zero-order valence-electron chi connectivity index (χ0n) is 7.46. The lowest BCUT2D eigenvalue weighted by atomic mass is 10.2. The molecule has 1 rings (SSSR count). The maximum Gasteiger partial charge on any atom is 0.394 e. The number of carbonyl (C=O) groups excluding carboxylic acids is 1. The van der Waals surface area contributed by atoms with Gasteiger partial charge in [0.25, 0.3) is 0 Å². The van der Waals surface area contributed by atoms with Crippen LogP contribution in [-0.4, -0.2) is 17.0 Å². The molecule has 0 aromatic heterocycles. The van der Waals surface area contributed by atoms with E-state index in [1.54, 1.807) is 0 Å².